The van der Waals surface area contributed by atoms with E-state index in [4.69, 9.17) is 11.6 Å². The Labute approximate surface area is 143 Å². The zero-order valence-corrected chi connectivity index (χ0v) is 14.1. The second-order valence-electron chi connectivity index (χ2n) is 4.30. The van der Waals surface area contributed by atoms with Gasteiger partial charge in [-0.3, -0.25) is 0 Å². The predicted octanol–water partition coefficient (Wildman–Crippen LogP) is 4.26. The molecule has 0 unspecified atom stereocenters. The number of carbonyl (C=O) groups is 1. The molecule has 0 radical (unpaired) electrons. The van der Waals surface area contributed by atoms with Crippen LogP contribution in [0.3, 0.4) is 0 Å². The van der Waals surface area contributed by atoms with Crippen molar-refractivity contribution >= 4 is 40.7 Å². The summed E-state index contributed by atoms with van der Waals surface area (Å²) < 4.78 is 18.1. The van der Waals surface area contributed by atoms with E-state index >= 15 is 0 Å². The van der Waals surface area contributed by atoms with E-state index in [1.165, 1.54) is 31.0 Å². The maximum Gasteiger partial charge on any atom is 0.351 e. The smallest absolute Gasteiger partial charge is 0.351 e. The lowest BCUT2D eigenvalue weighted by atomic mass is 10.2. The number of hydrogen-bond donors (Lipinski definition) is 1. The van der Waals surface area contributed by atoms with Crippen LogP contribution in [0.2, 0.25) is 5.15 Å². The zero-order valence-electron chi connectivity index (χ0n) is 11.7. The van der Waals surface area contributed by atoms with Crippen LogP contribution in [0.1, 0.15) is 9.67 Å². The highest BCUT2D eigenvalue weighted by Crippen LogP contribution is 2.34. The lowest BCUT2D eigenvalue weighted by Gasteiger charge is -1.96. The summed E-state index contributed by atoms with van der Waals surface area (Å²) in [7, 11) is 1.28. The number of nitrogens with zero attached hydrogens (tertiary/aromatic N) is 2. The van der Waals surface area contributed by atoms with Crippen LogP contribution in [0.5, 0.6) is 0 Å². The average molecular weight is 370 g/mol. The fourth-order valence-corrected chi connectivity index (χ4v) is 3.97. The van der Waals surface area contributed by atoms with Crippen LogP contribution in [-0.4, -0.2) is 28.0 Å². The van der Waals surface area contributed by atoms with Crippen molar-refractivity contribution in [1.82, 2.24) is 15.0 Å². The number of benzene rings is 1. The molecule has 3 aromatic rings. The number of hydrogen-bond acceptors (Lipinski definition) is 6. The normalized spacial score (nSPS) is 10.7. The molecule has 0 aliphatic heterocycles. The van der Waals surface area contributed by atoms with Gasteiger partial charge in [0.05, 0.1) is 19.0 Å². The number of aromatic nitrogens is 3. The molecule has 0 saturated heterocycles. The summed E-state index contributed by atoms with van der Waals surface area (Å²) in [4.78, 5) is 23.2. The lowest BCUT2D eigenvalue weighted by Crippen LogP contribution is -1.98. The number of ether oxygens (including phenoxy) is 1. The predicted molar refractivity (Wildman–Crippen MR) is 86.6 cm³/mol. The molecule has 5 nitrogen and oxygen atoms in total. The lowest BCUT2D eigenvalue weighted by molar-refractivity contribution is 0.0606. The Hall–Kier alpha value is -1.90. The molecule has 118 valence electrons. The summed E-state index contributed by atoms with van der Waals surface area (Å²) in [6.45, 7) is 0. The second-order valence-corrected chi connectivity index (χ2v) is 6.90. The van der Waals surface area contributed by atoms with E-state index in [1.54, 1.807) is 18.3 Å². The maximum absolute atomic E-state index is 12.9. The van der Waals surface area contributed by atoms with Gasteiger partial charge in [0.2, 0.25) is 0 Å². The molecule has 0 saturated carbocycles. The summed E-state index contributed by atoms with van der Waals surface area (Å²) in [6, 6.07) is 6.08. The Morgan fingerprint density at radius 2 is 2.13 bits per heavy atom. The molecular weight excluding hydrogens is 361 g/mol. The molecule has 0 bridgehead atoms. The van der Waals surface area contributed by atoms with Gasteiger partial charge in [-0.05, 0) is 41.6 Å². The van der Waals surface area contributed by atoms with Crippen molar-refractivity contribution < 1.29 is 13.9 Å². The number of carbonyl (C=O) groups excluding carboxylic acids is 1. The SMILES string of the molecule is COC(=O)c1sc(Sc2ncc(-c3ccc(F)cc3)[nH]2)nc1Cl. The second kappa shape index (κ2) is 6.69. The molecule has 0 fully saturated rings. The average Bonchev–Trinajstić information content (AvgIpc) is 3.14. The van der Waals surface area contributed by atoms with Gasteiger partial charge in [0.15, 0.2) is 19.5 Å². The van der Waals surface area contributed by atoms with Gasteiger partial charge in [-0.1, -0.05) is 22.9 Å². The van der Waals surface area contributed by atoms with Gasteiger partial charge >= 0.3 is 5.97 Å². The van der Waals surface area contributed by atoms with Crippen LogP contribution in [-0.2, 0) is 4.74 Å². The first-order chi connectivity index (χ1) is 11.1. The van der Waals surface area contributed by atoms with Crippen LogP contribution < -0.4 is 0 Å². The molecule has 9 heteroatoms. The van der Waals surface area contributed by atoms with Crippen molar-refractivity contribution in [1.29, 1.82) is 0 Å². The molecule has 2 heterocycles. The maximum atomic E-state index is 12.9. The molecule has 3 rings (SSSR count). The van der Waals surface area contributed by atoms with Crippen molar-refractivity contribution in [3.8, 4) is 11.3 Å². The van der Waals surface area contributed by atoms with E-state index in [1.807, 2.05) is 0 Å². The number of H-pyrrole nitrogens is 1. The highest BCUT2D eigenvalue weighted by Gasteiger charge is 2.18. The van der Waals surface area contributed by atoms with Crippen LogP contribution >= 0.6 is 34.7 Å². The van der Waals surface area contributed by atoms with Crippen LogP contribution in [0.15, 0.2) is 40.0 Å². The first kappa shape index (κ1) is 16.0. The van der Waals surface area contributed by atoms with Gasteiger partial charge in [-0.25, -0.2) is 19.2 Å². The number of rotatable bonds is 4. The molecule has 0 amide bonds. The highest BCUT2D eigenvalue weighted by molar-refractivity contribution is 8.00. The number of nitrogens with one attached hydrogen (secondary N) is 1. The Morgan fingerprint density at radius 1 is 1.39 bits per heavy atom. The Morgan fingerprint density at radius 3 is 2.83 bits per heavy atom. The van der Waals surface area contributed by atoms with Gasteiger partial charge in [-0.15, -0.1) is 0 Å². The van der Waals surface area contributed by atoms with Crippen molar-refractivity contribution in [2.24, 2.45) is 0 Å². The number of imidazole rings is 1. The Bertz CT molecular complexity index is 848. The largest absolute Gasteiger partial charge is 0.465 e. The fourth-order valence-electron chi connectivity index (χ4n) is 1.76. The molecule has 1 N–H and O–H groups in total. The summed E-state index contributed by atoms with van der Waals surface area (Å²) in [5.74, 6) is -0.818. The van der Waals surface area contributed by atoms with Crippen molar-refractivity contribution in [2.45, 2.75) is 9.50 Å². The van der Waals surface area contributed by atoms with Crippen LogP contribution in [0.25, 0.3) is 11.3 Å². The molecule has 0 atom stereocenters. The number of halogens is 2. The van der Waals surface area contributed by atoms with Crippen molar-refractivity contribution in [3.05, 3.63) is 46.3 Å². The molecular formula is C14H9ClFN3O2S2. The van der Waals surface area contributed by atoms with Gasteiger partial charge in [0.25, 0.3) is 0 Å². The van der Waals surface area contributed by atoms with E-state index in [9.17, 15) is 9.18 Å². The first-order valence-electron chi connectivity index (χ1n) is 6.30. The number of esters is 1. The Balaban J connectivity index is 1.79. The molecule has 2 aromatic heterocycles. The number of thiazole rings is 1. The van der Waals surface area contributed by atoms with E-state index < -0.39 is 5.97 Å². The molecule has 1 aromatic carbocycles. The quantitative estimate of drug-likeness (QED) is 0.696. The van der Waals surface area contributed by atoms with E-state index in [-0.39, 0.29) is 15.8 Å². The first-order valence-corrected chi connectivity index (χ1v) is 8.31. The summed E-state index contributed by atoms with van der Waals surface area (Å²) >= 11 is 8.29. The highest BCUT2D eigenvalue weighted by atomic mass is 35.5. The van der Waals surface area contributed by atoms with Crippen molar-refractivity contribution in [3.63, 3.8) is 0 Å². The molecule has 0 spiro atoms. The Kier molecular flexibility index (Phi) is 4.65. The van der Waals surface area contributed by atoms with Crippen LogP contribution in [0, 0.1) is 5.82 Å². The third-order valence-corrected chi connectivity index (χ3v) is 5.21. The molecule has 23 heavy (non-hydrogen) atoms. The number of aromatic amines is 1. The van der Waals surface area contributed by atoms with Gasteiger partial charge < -0.3 is 9.72 Å². The zero-order chi connectivity index (χ0) is 16.4. The topological polar surface area (TPSA) is 67.9 Å². The summed E-state index contributed by atoms with van der Waals surface area (Å²) in [6.07, 6.45) is 1.64. The molecule has 0 aliphatic rings. The summed E-state index contributed by atoms with van der Waals surface area (Å²) in [5.41, 5.74) is 1.57. The summed E-state index contributed by atoms with van der Waals surface area (Å²) in [5, 5.41) is 0.695. The minimum Gasteiger partial charge on any atom is -0.465 e. The van der Waals surface area contributed by atoms with E-state index in [0.717, 1.165) is 22.6 Å². The van der Waals surface area contributed by atoms with Gasteiger partial charge in [0.1, 0.15) is 5.82 Å². The van der Waals surface area contributed by atoms with E-state index in [0.29, 0.717) is 9.50 Å². The third-order valence-electron chi connectivity index (χ3n) is 2.83. The van der Waals surface area contributed by atoms with Crippen molar-refractivity contribution in [2.75, 3.05) is 7.11 Å². The minimum absolute atomic E-state index is 0.106. The standard InChI is InChI=1S/C14H9ClFN3O2S2/c1-21-12(20)10-11(15)19-14(22-10)23-13-17-6-9(18-13)7-2-4-8(16)5-3-7/h2-6H,1H3,(H,17,18). The third kappa shape index (κ3) is 3.54. The minimum atomic E-state index is -0.522. The van der Waals surface area contributed by atoms with E-state index in [2.05, 4.69) is 19.7 Å². The fraction of sp³-hybridized carbons (Fsp3) is 0.0714. The van der Waals surface area contributed by atoms with Gasteiger partial charge in [-0.2, -0.15) is 0 Å². The number of methoxy groups -OCH3 is 1. The molecule has 0 aliphatic carbocycles. The monoisotopic (exact) mass is 369 g/mol. The van der Waals surface area contributed by atoms with Crippen LogP contribution in [0.4, 0.5) is 4.39 Å². The van der Waals surface area contributed by atoms with Gasteiger partial charge in [0, 0.05) is 0 Å².